The third kappa shape index (κ3) is 6.69. The van der Waals surface area contributed by atoms with Gasteiger partial charge in [-0.05, 0) is 37.9 Å². The van der Waals surface area contributed by atoms with Crippen LogP contribution in [-0.2, 0) is 11.3 Å². The summed E-state index contributed by atoms with van der Waals surface area (Å²) >= 11 is 0. The molecule has 0 radical (unpaired) electrons. The summed E-state index contributed by atoms with van der Waals surface area (Å²) in [5, 5.41) is 8.01. The fourth-order valence-electron chi connectivity index (χ4n) is 2.83. The number of rotatable bonds is 11. The number of hydrogen-bond donors (Lipinski definition) is 2. The number of para-hydroxylation sites is 1. The van der Waals surface area contributed by atoms with Crippen molar-refractivity contribution in [3.63, 3.8) is 0 Å². The molecule has 0 fully saturated rings. The first-order valence-electron chi connectivity index (χ1n) is 9.48. The van der Waals surface area contributed by atoms with Crippen LogP contribution in [0.15, 0.2) is 41.5 Å². The van der Waals surface area contributed by atoms with E-state index in [-0.39, 0.29) is 0 Å². The SMILES string of the molecule is CCNC(=NCCCn1ccc2ccccc21)NCCN(C)CCOC. The molecule has 0 bridgehead atoms. The zero-order valence-corrected chi connectivity index (χ0v) is 16.4. The Kier molecular flexibility index (Phi) is 9.00. The second kappa shape index (κ2) is 11.5. The normalized spacial score (nSPS) is 12.1. The molecule has 2 N–H and O–H groups in total. The first-order chi connectivity index (χ1) is 12.7. The van der Waals surface area contributed by atoms with E-state index >= 15 is 0 Å². The van der Waals surface area contributed by atoms with Crippen molar-refractivity contribution < 1.29 is 4.74 Å². The largest absolute Gasteiger partial charge is 0.383 e. The first kappa shape index (κ1) is 20.3. The summed E-state index contributed by atoms with van der Waals surface area (Å²) in [6, 6.07) is 10.7. The van der Waals surface area contributed by atoms with Gasteiger partial charge in [0.2, 0.25) is 0 Å². The van der Waals surface area contributed by atoms with Crippen LogP contribution < -0.4 is 10.6 Å². The number of guanidine groups is 1. The summed E-state index contributed by atoms with van der Waals surface area (Å²) in [5.74, 6) is 0.894. The third-order valence-electron chi connectivity index (χ3n) is 4.31. The van der Waals surface area contributed by atoms with Crippen LogP contribution in [0.5, 0.6) is 0 Å². The van der Waals surface area contributed by atoms with Gasteiger partial charge in [-0.1, -0.05) is 18.2 Å². The van der Waals surface area contributed by atoms with E-state index in [1.54, 1.807) is 7.11 Å². The van der Waals surface area contributed by atoms with Crippen LogP contribution in [0.1, 0.15) is 13.3 Å². The van der Waals surface area contributed by atoms with Crippen molar-refractivity contribution in [1.29, 1.82) is 0 Å². The zero-order chi connectivity index (χ0) is 18.6. The Bertz CT molecular complexity index is 667. The van der Waals surface area contributed by atoms with Crippen molar-refractivity contribution in [2.24, 2.45) is 4.99 Å². The molecule has 0 aliphatic carbocycles. The number of aliphatic imine (C=N–C) groups is 1. The number of ether oxygens (including phenoxy) is 1. The van der Waals surface area contributed by atoms with Crippen LogP contribution >= 0.6 is 0 Å². The highest BCUT2D eigenvalue weighted by Crippen LogP contribution is 2.15. The number of likely N-dealkylation sites (N-methyl/N-ethyl adjacent to an activating group) is 1. The smallest absolute Gasteiger partial charge is 0.191 e. The van der Waals surface area contributed by atoms with Gasteiger partial charge < -0.3 is 24.8 Å². The van der Waals surface area contributed by atoms with Crippen LogP contribution in [0.4, 0.5) is 0 Å². The quantitative estimate of drug-likeness (QED) is 0.367. The molecule has 144 valence electrons. The number of methoxy groups -OCH3 is 1. The standard InChI is InChI=1S/C20H33N5O/c1-4-21-20(23-12-15-24(2)16-17-26-3)22-11-7-13-25-14-10-18-8-5-6-9-19(18)25/h5-6,8-10,14H,4,7,11-13,15-17H2,1-3H3,(H2,21,22,23). The molecule has 0 unspecified atom stereocenters. The molecule has 6 heteroatoms. The van der Waals surface area contributed by atoms with Gasteiger partial charge in [0.1, 0.15) is 0 Å². The molecule has 1 aromatic heterocycles. The summed E-state index contributed by atoms with van der Waals surface area (Å²) in [5.41, 5.74) is 1.29. The van der Waals surface area contributed by atoms with Gasteiger partial charge in [-0.3, -0.25) is 4.99 Å². The Morgan fingerprint density at radius 1 is 1.19 bits per heavy atom. The van der Waals surface area contributed by atoms with E-state index in [2.05, 4.69) is 75.6 Å². The Balaban J connectivity index is 1.74. The minimum Gasteiger partial charge on any atom is -0.383 e. The van der Waals surface area contributed by atoms with Crippen molar-refractivity contribution in [1.82, 2.24) is 20.1 Å². The highest BCUT2D eigenvalue weighted by atomic mass is 16.5. The lowest BCUT2D eigenvalue weighted by Crippen LogP contribution is -2.41. The monoisotopic (exact) mass is 359 g/mol. The highest BCUT2D eigenvalue weighted by Gasteiger charge is 2.01. The lowest BCUT2D eigenvalue weighted by atomic mass is 10.2. The molecular formula is C20H33N5O. The molecule has 1 aromatic carbocycles. The fourth-order valence-corrected chi connectivity index (χ4v) is 2.83. The van der Waals surface area contributed by atoms with Crippen molar-refractivity contribution >= 4 is 16.9 Å². The number of hydrogen-bond acceptors (Lipinski definition) is 3. The average Bonchev–Trinajstić information content (AvgIpc) is 3.06. The molecule has 2 rings (SSSR count). The van der Waals surface area contributed by atoms with E-state index in [9.17, 15) is 0 Å². The van der Waals surface area contributed by atoms with Crippen LogP contribution in [0.3, 0.4) is 0 Å². The number of aryl methyl sites for hydroxylation is 1. The van der Waals surface area contributed by atoms with Crippen molar-refractivity contribution in [3.05, 3.63) is 36.5 Å². The summed E-state index contributed by atoms with van der Waals surface area (Å²) in [7, 11) is 3.84. The van der Waals surface area contributed by atoms with Crippen LogP contribution in [-0.4, -0.2) is 68.9 Å². The maximum atomic E-state index is 5.10. The molecule has 0 saturated heterocycles. The molecular weight excluding hydrogens is 326 g/mol. The zero-order valence-electron chi connectivity index (χ0n) is 16.4. The Morgan fingerprint density at radius 3 is 2.85 bits per heavy atom. The molecule has 0 amide bonds. The number of benzene rings is 1. The van der Waals surface area contributed by atoms with Gasteiger partial charge in [-0.2, -0.15) is 0 Å². The lowest BCUT2D eigenvalue weighted by Gasteiger charge is -2.17. The second-order valence-corrected chi connectivity index (χ2v) is 6.41. The number of fused-ring (bicyclic) bond motifs is 1. The third-order valence-corrected chi connectivity index (χ3v) is 4.31. The van der Waals surface area contributed by atoms with Gasteiger partial charge in [0.05, 0.1) is 6.61 Å². The van der Waals surface area contributed by atoms with E-state index in [0.717, 1.165) is 58.3 Å². The van der Waals surface area contributed by atoms with Crippen molar-refractivity contribution in [2.75, 3.05) is 53.5 Å². The molecule has 26 heavy (non-hydrogen) atoms. The molecule has 2 aromatic rings. The summed E-state index contributed by atoms with van der Waals surface area (Å²) in [6.45, 7) is 8.28. The van der Waals surface area contributed by atoms with E-state index in [1.807, 2.05) is 0 Å². The number of nitrogens with one attached hydrogen (secondary N) is 2. The summed E-state index contributed by atoms with van der Waals surface area (Å²) in [6.07, 6.45) is 3.18. The average molecular weight is 360 g/mol. The molecule has 0 spiro atoms. The van der Waals surface area contributed by atoms with E-state index in [4.69, 9.17) is 4.74 Å². The van der Waals surface area contributed by atoms with E-state index in [1.165, 1.54) is 10.9 Å². The molecule has 0 saturated carbocycles. The first-order valence-corrected chi connectivity index (χ1v) is 9.48. The summed E-state index contributed by atoms with van der Waals surface area (Å²) < 4.78 is 7.40. The van der Waals surface area contributed by atoms with Gasteiger partial charge in [-0.25, -0.2) is 0 Å². The topological polar surface area (TPSA) is 53.8 Å². The molecule has 1 heterocycles. The molecule has 6 nitrogen and oxygen atoms in total. The maximum Gasteiger partial charge on any atom is 0.191 e. The van der Waals surface area contributed by atoms with Gasteiger partial charge >= 0.3 is 0 Å². The Morgan fingerprint density at radius 2 is 2.04 bits per heavy atom. The maximum absolute atomic E-state index is 5.10. The Hall–Kier alpha value is -2.05. The van der Waals surface area contributed by atoms with Gasteiger partial charge in [-0.15, -0.1) is 0 Å². The Labute approximate surface area is 157 Å². The van der Waals surface area contributed by atoms with Gasteiger partial charge in [0.15, 0.2) is 5.96 Å². The van der Waals surface area contributed by atoms with Gasteiger partial charge in [0, 0.05) is 58.1 Å². The molecule has 0 atom stereocenters. The highest BCUT2D eigenvalue weighted by molar-refractivity contribution is 5.80. The predicted octanol–water partition coefficient (Wildman–Crippen LogP) is 2.16. The van der Waals surface area contributed by atoms with Crippen molar-refractivity contribution in [2.45, 2.75) is 19.9 Å². The number of nitrogens with zero attached hydrogens (tertiary/aromatic N) is 3. The predicted molar refractivity (Wildman–Crippen MR) is 110 cm³/mol. The van der Waals surface area contributed by atoms with E-state index < -0.39 is 0 Å². The second-order valence-electron chi connectivity index (χ2n) is 6.41. The lowest BCUT2D eigenvalue weighted by molar-refractivity contribution is 0.162. The molecule has 0 aliphatic heterocycles. The minimum absolute atomic E-state index is 0.763. The molecule has 0 aliphatic rings. The van der Waals surface area contributed by atoms with Crippen LogP contribution in [0.2, 0.25) is 0 Å². The summed E-state index contributed by atoms with van der Waals surface area (Å²) in [4.78, 5) is 6.94. The van der Waals surface area contributed by atoms with Crippen molar-refractivity contribution in [3.8, 4) is 0 Å². The van der Waals surface area contributed by atoms with Gasteiger partial charge in [0.25, 0.3) is 0 Å². The van der Waals surface area contributed by atoms with E-state index in [0.29, 0.717) is 0 Å². The van der Waals surface area contributed by atoms with Crippen LogP contribution in [0.25, 0.3) is 10.9 Å². The number of aromatic nitrogens is 1. The van der Waals surface area contributed by atoms with Crippen LogP contribution in [0, 0.1) is 0 Å². The minimum atomic E-state index is 0.763. The fraction of sp³-hybridized carbons (Fsp3) is 0.550.